The van der Waals surface area contributed by atoms with E-state index in [4.69, 9.17) is 0 Å². The van der Waals surface area contributed by atoms with E-state index in [1.54, 1.807) is 12.4 Å². The van der Waals surface area contributed by atoms with E-state index in [0.717, 1.165) is 38.3 Å². The highest BCUT2D eigenvalue weighted by Crippen LogP contribution is 2.23. The molecule has 1 aromatic heterocycles. The zero-order valence-electron chi connectivity index (χ0n) is 15.7. The Morgan fingerprint density at radius 2 is 1.81 bits per heavy atom. The number of nitrogens with zero attached hydrogens (tertiary/aromatic N) is 3. The third kappa shape index (κ3) is 4.82. The molecule has 1 amide bonds. The van der Waals surface area contributed by atoms with Crippen LogP contribution in [0.2, 0.25) is 0 Å². The van der Waals surface area contributed by atoms with Crippen LogP contribution in [0.15, 0.2) is 42.7 Å². The Balaban J connectivity index is 1.40. The van der Waals surface area contributed by atoms with E-state index < -0.39 is 0 Å². The van der Waals surface area contributed by atoms with Crippen LogP contribution in [0.25, 0.3) is 0 Å². The summed E-state index contributed by atoms with van der Waals surface area (Å²) in [6, 6.07) is 10.4. The summed E-state index contributed by atoms with van der Waals surface area (Å²) in [5.74, 6) is 0.110. The summed E-state index contributed by atoms with van der Waals surface area (Å²) in [5, 5.41) is 2.98. The summed E-state index contributed by atoms with van der Waals surface area (Å²) < 4.78 is 0. The summed E-state index contributed by atoms with van der Waals surface area (Å²) in [7, 11) is 0. The SMILES string of the molecule is Cc1cccc(N2CCN(CCC(=O)NCc3ccncc3)CC2)c1C. The Kier molecular flexibility index (Phi) is 6.23. The largest absolute Gasteiger partial charge is 0.369 e. The summed E-state index contributed by atoms with van der Waals surface area (Å²) in [4.78, 5) is 20.9. The fourth-order valence-corrected chi connectivity index (χ4v) is 3.34. The molecule has 1 aromatic carbocycles. The molecule has 2 heterocycles. The fraction of sp³-hybridized carbons (Fsp3) is 0.429. The van der Waals surface area contributed by atoms with E-state index >= 15 is 0 Å². The Morgan fingerprint density at radius 1 is 1.08 bits per heavy atom. The molecule has 1 saturated heterocycles. The molecular formula is C21H28N4O. The van der Waals surface area contributed by atoms with Crippen molar-refractivity contribution < 1.29 is 4.79 Å². The van der Waals surface area contributed by atoms with Gasteiger partial charge in [0.2, 0.25) is 5.91 Å². The average molecular weight is 352 g/mol. The van der Waals surface area contributed by atoms with Gasteiger partial charge in [0.15, 0.2) is 0 Å². The summed E-state index contributed by atoms with van der Waals surface area (Å²) >= 11 is 0. The van der Waals surface area contributed by atoms with E-state index in [9.17, 15) is 4.79 Å². The molecule has 5 nitrogen and oxygen atoms in total. The van der Waals surface area contributed by atoms with Crippen LogP contribution in [-0.2, 0) is 11.3 Å². The van der Waals surface area contributed by atoms with Crippen molar-refractivity contribution in [1.82, 2.24) is 15.2 Å². The standard InChI is InChI=1S/C21H28N4O/c1-17-4-3-5-20(18(17)2)25-14-12-24(13-15-25)11-8-21(26)23-16-19-6-9-22-10-7-19/h3-7,9-10H,8,11-16H2,1-2H3,(H,23,26). The normalized spacial score (nSPS) is 15.1. The third-order valence-corrected chi connectivity index (χ3v) is 5.18. The van der Waals surface area contributed by atoms with Gasteiger partial charge in [-0.25, -0.2) is 0 Å². The van der Waals surface area contributed by atoms with Crippen LogP contribution in [0.3, 0.4) is 0 Å². The molecule has 1 aliphatic rings. The van der Waals surface area contributed by atoms with Crippen molar-refractivity contribution in [3.8, 4) is 0 Å². The molecule has 5 heteroatoms. The highest BCUT2D eigenvalue weighted by Gasteiger charge is 2.19. The second-order valence-electron chi connectivity index (χ2n) is 6.93. The number of nitrogens with one attached hydrogen (secondary N) is 1. The molecule has 0 atom stereocenters. The second-order valence-corrected chi connectivity index (χ2v) is 6.93. The van der Waals surface area contributed by atoms with Gasteiger partial charge >= 0.3 is 0 Å². The minimum absolute atomic E-state index is 0.110. The van der Waals surface area contributed by atoms with Gasteiger partial charge in [-0.3, -0.25) is 14.7 Å². The van der Waals surface area contributed by atoms with Crippen LogP contribution in [0.4, 0.5) is 5.69 Å². The molecule has 0 bridgehead atoms. The van der Waals surface area contributed by atoms with Crippen LogP contribution in [0.5, 0.6) is 0 Å². The van der Waals surface area contributed by atoms with Crippen molar-refractivity contribution in [2.75, 3.05) is 37.6 Å². The van der Waals surface area contributed by atoms with Crippen molar-refractivity contribution in [1.29, 1.82) is 0 Å². The molecule has 1 fully saturated rings. The lowest BCUT2D eigenvalue weighted by Crippen LogP contribution is -2.47. The number of hydrogen-bond acceptors (Lipinski definition) is 4. The van der Waals surface area contributed by atoms with Crippen LogP contribution >= 0.6 is 0 Å². The third-order valence-electron chi connectivity index (χ3n) is 5.18. The van der Waals surface area contributed by atoms with Crippen molar-refractivity contribution in [2.24, 2.45) is 0 Å². The Morgan fingerprint density at radius 3 is 2.54 bits per heavy atom. The Bertz CT molecular complexity index is 724. The number of rotatable bonds is 6. The topological polar surface area (TPSA) is 48.5 Å². The van der Waals surface area contributed by atoms with E-state index in [0.29, 0.717) is 13.0 Å². The number of aromatic nitrogens is 1. The Labute approximate surface area is 156 Å². The number of hydrogen-bond donors (Lipinski definition) is 1. The smallest absolute Gasteiger partial charge is 0.221 e. The molecule has 0 spiro atoms. The molecule has 1 aliphatic heterocycles. The molecule has 138 valence electrons. The minimum atomic E-state index is 0.110. The van der Waals surface area contributed by atoms with Crippen LogP contribution < -0.4 is 10.2 Å². The van der Waals surface area contributed by atoms with Crippen LogP contribution in [0, 0.1) is 13.8 Å². The maximum absolute atomic E-state index is 12.1. The molecule has 0 unspecified atom stereocenters. The maximum atomic E-state index is 12.1. The first-order chi connectivity index (χ1) is 12.6. The second kappa shape index (κ2) is 8.81. The summed E-state index contributed by atoms with van der Waals surface area (Å²) in [5.41, 5.74) is 5.14. The Hall–Kier alpha value is -2.40. The highest BCUT2D eigenvalue weighted by molar-refractivity contribution is 5.76. The lowest BCUT2D eigenvalue weighted by molar-refractivity contribution is -0.121. The van der Waals surface area contributed by atoms with Crippen LogP contribution in [0.1, 0.15) is 23.1 Å². The van der Waals surface area contributed by atoms with Crippen molar-refractivity contribution in [3.05, 3.63) is 59.4 Å². The molecule has 3 rings (SSSR count). The first kappa shape index (κ1) is 18.4. The van der Waals surface area contributed by atoms with E-state index in [1.807, 2.05) is 12.1 Å². The molecule has 26 heavy (non-hydrogen) atoms. The number of carbonyl (C=O) groups is 1. The number of benzene rings is 1. The first-order valence-corrected chi connectivity index (χ1v) is 9.32. The van der Waals surface area contributed by atoms with Crippen molar-refractivity contribution in [2.45, 2.75) is 26.8 Å². The fourth-order valence-electron chi connectivity index (χ4n) is 3.34. The number of aryl methyl sites for hydroxylation is 1. The molecule has 2 aromatic rings. The maximum Gasteiger partial charge on any atom is 0.221 e. The molecular weight excluding hydrogens is 324 g/mol. The first-order valence-electron chi connectivity index (χ1n) is 9.32. The van der Waals surface area contributed by atoms with Gasteiger partial charge < -0.3 is 10.2 Å². The van der Waals surface area contributed by atoms with Gasteiger partial charge in [-0.05, 0) is 48.7 Å². The quantitative estimate of drug-likeness (QED) is 0.868. The van der Waals surface area contributed by atoms with E-state index in [2.05, 4.69) is 52.1 Å². The summed E-state index contributed by atoms with van der Waals surface area (Å²) in [6.07, 6.45) is 4.04. The average Bonchev–Trinajstić information content (AvgIpc) is 2.68. The van der Waals surface area contributed by atoms with Crippen LogP contribution in [-0.4, -0.2) is 48.5 Å². The number of amides is 1. The van der Waals surface area contributed by atoms with Gasteiger partial charge in [0.1, 0.15) is 0 Å². The molecule has 0 aliphatic carbocycles. The predicted octanol–water partition coefficient (Wildman–Crippen LogP) is 2.53. The number of carbonyl (C=O) groups excluding carboxylic acids is 1. The van der Waals surface area contributed by atoms with Gasteiger partial charge in [-0.15, -0.1) is 0 Å². The van der Waals surface area contributed by atoms with Crippen molar-refractivity contribution >= 4 is 11.6 Å². The van der Waals surface area contributed by atoms with Gasteiger partial charge in [0, 0.05) is 63.8 Å². The van der Waals surface area contributed by atoms with Gasteiger partial charge in [0.25, 0.3) is 0 Å². The minimum Gasteiger partial charge on any atom is -0.369 e. The van der Waals surface area contributed by atoms with Gasteiger partial charge in [-0.1, -0.05) is 12.1 Å². The highest BCUT2D eigenvalue weighted by atomic mass is 16.1. The lowest BCUT2D eigenvalue weighted by Gasteiger charge is -2.37. The molecule has 0 radical (unpaired) electrons. The van der Waals surface area contributed by atoms with E-state index in [-0.39, 0.29) is 5.91 Å². The number of anilines is 1. The number of pyridine rings is 1. The van der Waals surface area contributed by atoms with E-state index in [1.165, 1.54) is 16.8 Å². The zero-order valence-corrected chi connectivity index (χ0v) is 15.7. The predicted molar refractivity (Wildman–Crippen MR) is 105 cm³/mol. The van der Waals surface area contributed by atoms with Gasteiger partial charge in [0.05, 0.1) is 0 Å². The van der Waals surface area contributed by atoms with Gasteiger partial charge in [-0.2, -0.15) is 0 Å². The van der Waals surface area contributed by atoms with Crippen molar-refractivity contribution in [3.63, 3.8) is 0 Å². The monoisotopic (exact) mass is 352 g/mol. The molecule has 1 N–H and O–H groups in total. The zero-order chi connectivity index (χ0) is 18.4. The number of piperazine rings is 1. The lowest BCUT2D eigenvalue weighted by atomic mass is 10.1. The summed E-state index contributed by atoms with van der Waals surface area (Å²) in [6.45, 7) is 9.80. The molecule has 0 saturated carbocycles.